The van der Waals surface area contributed by atoms with Crippen LogP contribution in [0.3, 0.4) is 0 Å². The predicted octanol–water partition coefficient (Wildman–Crippen LogP) is 3.03. The molecule has 0 bridgehead atoms. The number of pyridine rings is 1. The summed E-state index contributed by atoms with van der Waals surface area (Å²) in [6, 6.07) is 13.8. The van der Waals surface area contributed by atoms with E-state index in [0.29, 0.717) is 18.2 Å². The van der Waals surface area contributed by atoms with E-state index in [1.54, 1.807) is 12.3 Å². The molecule has 0 unspecified atom stereocenters. The second kappa shape index (κ2) is 7.41. The second-order valence-electron chi connectivity index (χ2n) is 5.12. The van der Waals surface area contributed by atoms with E-state index >= 15 is 0 Å². The summed E-state index contributed by atoms with van der Waals surface area (Å²) in [4.78, 5) is 4.36. The van der Waals surface area contributed by atoms with Gasteiger partial charge in [0, 0.05) is 12.6 Å². The molecule has 0 atom stereocenters. The molecule has 0 aliphatic carbocycles. The molecule has 1 aromatic carbocycles. The van der Waals surface area contributed by atoms with Crippen LogP contribution in [-0.2, 0) is 13.2 Å². The zero-order valence-corrected chi connectivity index (χ0v) is 12.3. The Balaban J connectivity index is 1.90. The molecular weight excluding hydrogens is 262 g/mol. The quantitative estimate of drug-likeness (QED) is 0.884. The zero-order valence-electron chi connectivity index (χ0n) is 12.3. The van der Waals surface area contributed by atoms with Crippen LogP contribution in [0.2, 0.25) is 0 Å². The summed E-state index contributed by atoms with van der Waals surface area (Å²) in [6.07, 6.45) is 1.73. The molecule has 1 N–H and O–H groups in total. The average Bonchev–Trinajstić information content (AvgIpc) is 2.52. The number of rotatable bonds is 6. The third-order valence-electron chi connectivity index (χ3n) is 2.95. The van der Waals surface area contributed by atoms with Crippen LogP contribution >= 0.6 is 0 Å². The molecule has 0 amide bonds. The fraction of sp³-hybridized carbons (Fsp3) is 0.294. The molecule has 0 spiro atoms. The third-order valence-corrected chi connectivity index (χ3v) is 2.95. The minimum absolute atomic E-state index is 0.431. The van der Waals surface area contributed by atoms with E-state index in [-0.39, 0.29) is 0 Å². The van der Waals surface area contributed by atoms with Crippen molar-refractivity contribution < 1.29 is 4.74 Å². The Kier molecular flexibility index (Phi) is 5.30. The van der Waals surface area contributed by atoms with Gasteiger partial charge < -0.3 is 10.1 Å². The Morgan fingerprint density at radius 2 is 2.14 bits per heavy atom. The van der Waals surface area contributed by atoms with Crippen molar-refractivity contribution in [1.82, 2.24) is 10.3 Å². The molecule has 0 aliphatic heterocycles. The topological polar surface area (TPSA) is 57.9 Å². The standard InChI is InChI=1S/C17H19N3O/c1-13(2)19-10-16-6-7-17(11-20-16)21-12-15-5-3-4-14(8-15)9-18/h3-8,11,13,19H,10,12H2,1-2H3. The Morgan fingerprint density at radius 3 is 2.81 bits per heavy atom. The SMILES string of the molecule is CC(C)NCc1ccc(OCc2cccc(C#N)c2)cn1. The van der Waals surface area contributed by atoms with Crippen molar-refractivity contribution in [3.05, 3.63) is 59.4 Å². The Labute approximate surface area is 125 Å². The van der Waals surface area contributed by atoms with Crippen LogP contribution in [0.25, 0.3) is 0 Å². The van der Waals surface area contributed by atoms with Gasteiger partial charge in [-0.15, -0.1) is 0 Å². The molecule has 108 valence electrons. The molecule has 0 saturated carbocycles. The highest BCUT2D eigenvalue weighted by atomic mass is 16.5. The van der Waals surface area contributed by atoms with Gasteiger partial charge in [-0.3, -0.25) is 4.98 Å². The van der Waals surface area contributed by atoms with E-state index in [1.165, 1.54) is 0 Å². The molecule has 2 aromatic rings. The van der Waals surface area contributed by atoms with Gasteiger partial charge in [0.1, 0.15) is 12.4 Å². The first-order valence-corrected chi connectivity index (χ1v) is 6.97. The molecule has 0 radical (unpaired) electrons. The minimum Gasteiger partial charge on any atom is -0.487 e. The van der Waals surface area contributed by atoms with Crippen molar-refractivity contribution in [2.75, 3.05) is 0 Å². The first kappa shape index (κ1) is 15.0. The lowest BCUT2D eigenvalue weighted by Gasteiger charge is -2.09. The largest absolute Gasteiger partial charge is 0.487 e. The van der Waals surface area contributed by atoms with Gasteiger partial charge in [0.05, 0.1) is 23.5 Å². The number of nitriles is 1. The second-order valence-corrected chi connectivity index (χ2v) is 5.12. The summed E-state index contributed by atoms with van der Waals surface area (Å²) in [5.74, 6) is 0.727. The first-order valence-electron chi connectivity index (χ1n) is 6.97. The van der Waals surface area contributed by atoms with Crippen LogP contribution in [-0.4, -0.2) is 11.0 Å². The molecular formula is C17H19N3O. The maximum absolute atomic E-state index is 8.86. The van der Waals surface area contributed by atoms with Crippen molar-refractivity contribution in [2.24, 2.45) is 0 Å². The van der Waals surface area contributed by atoms with Crippen molar-refractivity contribution in [1.29, 1.82) is 5.26 Å². The van der Waals surface area contributed by atoms with Crippen LogP contribution in [0.15, 0.2) is 42.6 Å². The number of hydrogen-bond acceptors (Lipinski definition) is 4. The number of aromatic nitrogens is 1. The van der Waals surface area contributed by atoms with E-state index < -0.39 is 0 Å². The fourth-order valence-corrected chi connectivity index (χ4v) is 1.81. The van der Waals surface area contributed by atoms with Crippen molar-refractivity contribution in [3.8, 4) is 11.8 Å². The smallest absolute Gasteiger partial charge is 0.138 e. The van der Waals surface area contributed by atoms with Gasteiger partial charge in [0.2, 0.25) is 0 Å². The fourth-order valence-electron chi connectivity index (χ4n) is 1.81. The van der Waals surface area contributed by atoms with Gasteiger partial charge in [0.25, 0.3) is 0 Å². The van der Waals surface area contributed by atoms with Gasteiger partial charge in [-0.1, -0.05) is 26.0 Å². The van der Waals surface area contributed by atoms with Crippen LogP contribution < -0.4 is 10.1 Å². The lowest BCUT2D eigenvalue weighted by molar-refractivity contribution is 0.304. The molecule has 4 heteroatoms. The van der Waals surface area contributed by atoms with Gasteiger partial charge in [-0.2, -0.15) is 5.26 Å². The highest BCUT2D eigenvalue weighted by Gasteiger charge is 2.00. The van der Waals surface area contributed by atoms with E-state index in [1.807, 2.05) is 30.3 Å². The van der Waals surface area contributed by atoms with Crippen molar-refractivity contribution in [3.63, 3.8) is 0 Å². The maximum atomic E-state index is 8.86. The van der Waals surface area contributed by atoms with Crippen LogP contribution in [0.1, 0.15) is 30.7 Å². The Morgan fingerprint density at radius 1 is 1.29 bits per heavy atom. The van der Waals surface area contributed by atoms with Gasteiger partial charge in [-0.05, 0) is 29.8 Å². The van der Waals surface area contributed by atoms with Crippen molar-refractivity contribution in [2.45, 2.75) is 33.0 Å². The van der Waals surface area contributed by atoms with E-state index in [9.17, 15) is 0 Å². The average molecular weight is 281 g/mol. The Bertz CT molecular complexity index is 615. The normalized spacial score (nSPS) is 10.4. The predicted molar refractivity (Wildman–Crippen MR) is 81.7 cm³/mol. The van der Waals surface area contributed by atoms with Gasteiger partial charge in [-0.25, -0.2) is 0 Å². The summed E-state index contributed by atoms with van der Waals surface area (Å²) in [6.45, 7) is 5.39. The highest BCUT2D eigenvalue weighted by molar-refractivity contribution is 5.32. The van der Waals surface area contributed by atoms with Crippen molar-refractivity contribution >= 4 is 0 Å². The van der Waals surface area contributed by atoms with Crippen LogP contribution in [0, 0.1) is 11.3 Å². The number of hydrogen-bond donors (Lipinski definition) is 1. The molecule has 0 aliphatic rings. The third kappa shape index (κ3) is 4.90. The molecule has 1 heterocycles. The molecule has 4 nitrogen and oxygen atoms in total. The molecule has 2 rings (SSSR count). The van der Waals surface area contributed by atoms with E-state index in [2.05, 4.69) is 30.2 Å². The number of benzene rings is 1. The molecule has 0 fully saturated rings. The molecule has 0 saturated heterocycles. The first-order chi connectivity index (χ1) is 10.2. The summed E-state index contributed by atoms with van der Waals surface area (Å²) in [7, 11) is 0. The monoisotopic (exact) mass is 281 g/mol. The number of nitrogens with one attached hydrogen (secondary N) is 1. The summed E-state index contributed by atoms with van der Waals surface area (Å²) < 4.78 is 5.68. The zero-order chi connectivity index (χ0) is 15.1. The summed E-state index contributed by atoms with van der Waals surface area (Å²) >= 11 is 0. The Hall–Kier alpha value is -2.38. The summed E-state index contributed by atoms with van der Waals surface area (Å²) in [5.41, 5.74) is 2.60. The highest BCUT2D eigenvalue weighted by Crippen LogP contribution is 2.13. The maximum Gasteiger partial charge on any atom is 0.138 e. The molecule has 21 heavy (non-hydrogen) atoms. The summed E-state index contributed by atoms with van der Waals surface area (Å²) in [5, 5.41) is 12.2. The number of ether oxygens (including phenoxy) is 1. The van der Waals surface area contributed by atoms with E-state index in [4.69, 9.17) is 10.00 Å². The minimum atomic E-state index is 0.431. The van der Waals surface area contributed by atoms with E-state index in [0.717, 1.165) is 23.6 Å². The van der Waals surface area contributed by atoms with Gasteiger partial charge in [0.15, 0.2) is 0 Å². The lowest BCUT2D eigenvalue weighted by Crippen LogP contribution is -2.22. The lowest BCUT2D eigenvalue weighted by atomic mass is 10.1. The van der Waals surface area contributed by atoms with Gasteiger partial charge >= 0.3 is 0 Å². The van der Waals surface area contributed by atoms with Crippen LogP contribution in [0.4, 0.5) is 0 Å². The van der Waals surface area contributed by atoms with Crippen LogP contribution in [0.5, 0.6) is 5.75 Å². The number of nitrogens with zero attached hydrogens (tertiary/aromatic N) is 2. The molecule has 1 aromatic heterocycles.